The van der Waals surface area contributed by atoms with E-state index in [0.717, 1.165) is 16.5 Å². The Morgan fingerprint density at radius 1 is 1.15 bits per heavy atom. The van der Waals surface area contributed by atoms with Crippen molar-refractivity contribution in [2.24, 2.45) is 0 Å². The Hall–Kier alpha value is -2.95. The van der Waals surface area contributed by atoms with E-state index in [1.54, 1.807) is 18.2 Å². The SMILES string of the molecule is Nc1cc(-c2cc3ccccc3o2)ccc1NC(=O)O. The molecule has 0 radical (unpaired) electrons. The van der Waals surface area contributed by atoms with Gasteiger partial charge in [0, 0.05) is 10.9 Å². The van der Waals surface area contributed by atoms with Gasteiger partial charge in [0.05, 0.1) is 11.4 Å². The number of nitrogens with one attached hydrogen (secondary N) is 1. The van der Waals surface area contributed by atoms with Crippen molar-refractivity contribution in [3.05, 3.63) is 48.5 Å². The topological polar surface area (TPSA) is 88.5 Å². The zero-order valence-corrected chi connectivity index (χ0v) is 10.5. The number of furan rings is 1. The molecule has 0 saturated heterocycles. The predicted molar refractivity (Wildman–Crippen MR) is 77.7 cm³/mol. The van der Waals surface area contributed by atoms with Crippen molar-refractivity contribution in [1.82, 2.24) is 0 Å². The molecule has 5 nitrogen and oxygen atoms in total. The first kappa shape index (κ1) is 12.1. The van der Waals surface area contributed by atoms with Crippen LogP contribution in [0.1, 0.15) is 0 Å². The van der Waals surface area contributed by atoms with Gasteiger partial charge in [0.25, 0.3) is 0 Å². The minimum absolute atomic E-state index is 0.352. The summed E-state index contributed by atoms with van der Waals surface area (Å²) in [5.41, 5.74) is 8.15. The highest BCUT2D eigenvalue weighted by atomic mass is 16.4. The molecule has 3 rings (SSSR count). The molecule has 3 aromatic rings. The second kappa shape index (κ2) is 4.62. The highest BCUT2D eigenvalue weighted by molar-refractivity contribution is 5.89. The maximum Gasteiger partial charge on any atom is 0.409 e. The Labute approximate surface area is 114 Å². The molecular weight excluding hydrogens is 256 g/mol. The summed E-state index contributed by atoms with van der Waals surface area (Å²) in [5.74, 6) is 0.694. The molecule has 0 saturated carbocycles. The number of hydrogen-bond acceptors (Lipinski definition) is 3. The van der Waals surface area contributed by atoms with E-state index in [1.165, 1.54) is 0 Å². The summed E-state index contributed by atoms with van der Waals surface area (Å²) in [4.78, 5) is 10.6. The van der Waals surface area contributed by atoms with Crippen LogP contribution in [0.3, 0.4) is 0 Å². The van der Waals surface area contributed by atoms with E-state index in [1.807, 2.05) is 30.3 Å². The highest BCUT2D eigenvalue weighted by Gasteiger charge is 2.09. The normalized spacial score (nSPS) is 10.6. The van der Waals surface area contributed by atoms with E-state index in [-0.39, 0.29) is 0 Å². The summed E-state index contributed by atoms with van der Waals surface area (Å²) >= 11 is 0. The molecule has 5 heteroatoms. The lowest BCUT2D eigenvalue weighted by Crippen LogP contribution is -2.09. The Bertz CT molecular complexity index is 760. The third kappa shape index (κ3) is 2.16. The molecule has 0 aliphatic carbocycles. The molecule has 1 aromatic heterocycles. The Morgan fingerprint density at radius 2 is 1.95 bits per heavy atom. The smallest absolute Gasteiger partial charge is 0.409 e. The van der Waals surface area contributed by atoms with Crippen molar-refractivity contribution in [2.75, 3.05) is 11.1 Å². The molecule has 0 bridgehead atoms. The Kier molecular flexibility index (Phi) is 2.80. The van der Waals surface area contributed by atoms with E-state index in [4.69, 9.17) is 15.3 Å². The molecule has 0 unspecified atom stereocenters. The first-order chi connectivity index (χ1) is 9.63. The summed E-state index contributed by atoms with van der Waals surface area (Å²) in [6.07, 6.45) is -1.15. The third-order valence-corrected chi connectivity index (χ3v) is 3.00. The number of hydrogen-bond donors (Lipinski definition) is 3. The monoisotopic (exact) mass is 268 g/mol. The van der Waals surface area contributed by atoms with Crippen LogP contribution in [0.5, 0.6) is 0 Å². The van der Waals surface area contributed by atoms with Gasteiger partial charge >= 0.3 is 6.09 Å². The van der Waals surface area contributed by atoms with Crippen LogP contribution in [-0.2, 0) is 0 Å². The van der Waals surface area contributed by atoms with Crippen LogP contribution in [0.4, 0.5) is 16.2 Å². The number of carbonyl (C=O) groups is 1. The number of nitrogen functional groups attached to an aromatic ring is 1. The highest BCUT2D eigenvalue weighted by Crippen LogP contribution is 2.31. The number of para-hydroxylation sites is 1. The fourth-order valence-electron chi connectivity index (χ4n) is 2.07. The van der Waals surface area contributed by atoms with Gasteiger partial charge in [-0.2, -0.15) is 0 Å². The average Bonchev–Trinajstić information content (AvgIpc) is 2.84. The minimum Gasteiger partial charge on any atom is -0.465 e. The molecule has 20 heavy (non-hydrogen) atoms. The zero-order valence-electron chi connectivity index (χ0n) is 10.5. The van der Waals surface area contributed by atoms with Gasteiger partial charge in [0.15, 0.2) is 0 Å². The molecule has 100 valence electrons. The van der Waals surface area contributed by atoms with Gasteiger partial charge in [-0.15, -0.1) is 0 Å². The van der Waals surface area contributed by atoms with Crippen molar-refractivity contribution >= 4 is 28.4 Å². The Morgan fingerprint density at radius 3 is 2.65 bits per heavy atom. The maximum absolute atomic E-state index is 10.6. The van der Waals surface area contributed by atoms with Crippen LogP contribution in [0.25, 0.3) is 22.3 Å². The molecule has 0 aliphatic rings. The summed E-state index contributed by atoms with van der Waals surface area (Å²) in [7, 11) is 0. The number of anilines is 2. The van der Waals surface area contributed by atoms with Crippen molar-refractivity contribution in [2.45, 2.75) is 0 Å². The number of carboxylic acid groups (broad SMARTS) is 1. The van der Waals surface area contributed by atoms with Gasteiger partial charge < -0.3 is 15.3 Å². The van der Waals surface area contributed by atoms with E-state index in [9.17, 15) is 4.79 Å². The minimum atomic E-state index is -1.15. The first-order valence-electron chi connectivity index (χ1n) is 6.02. The van der Waals surface area contributed by atoms with Gasteiger partial charge in [-0.1, -0.05) is 18.2 Å². The van der Waals surface area contributed by atoms with Crippen molar-refractivity contribution < 1.29 is 14.3 Å². The summed E-state index contributed by atoms with van der Waals surface area (Å²) in [6.45, 7) is 0. The first-order valence-corrected chi connectivity index (χ1v) is 6.02. The van der Waals surface area contributed by atoms with Crippen LogP contribution >= 0.6 is 0 Å². The summed E-state index contributed by atoms with van der Waals surface area (Å²) in [5, 5.41) is 11.9. The summed E-state index contributed by atoms with van der Waals surface area (Å²) < 4.78 is 5.74. The quantitative estimate of drug-likeness (QED) is 0.617. The number of rotatable bonds is 2. The van der Waals surface area contributed by atoms with Gasteiger partial charge in [-0.3, -0.25) is 5.32 Å². The fourth-order valence-corrected chi connectivity index (χ4v) is 2.07. The van der Waals surface area contributed by atoms with Crippen molar-refractivity contribution in [3.8, 4) is 11.3 Å². The number of nitrogens with two attached hydrogens (primary N) is 1. The molecular formula is C15H12N2O3. The van der Waals surface area contributed by atoms with Gasteiger partial charge in [0.2, 0.25) is 0 Å². The molecule has 2 aromatic carbocycles. The van der Waals surface area contributed by atoms with Crippen LogP contribution in [0, 0.1) is 0 Å². The molecule has 0 spiro atoms. The molecule has 1 heterocycles. The lowest BCUT2D eigenvalue weighted by molar-refractivity contribution is 0.210. The fraction of sp³-hybridized carbons (Fsp3) is 0. The van der Waals surface area contributed by atoms with Crippen molar-refractivity contribution in [1.29, 1.82) is 0 Å². The number of amides is 1. The van der Waals surface area contributed by atoms with Gasteiger partial charge in [-0.25, -0.2) is 4.79 Å². The lowest BCUT2D eigenvalue weighted by Gasteiger charge is -2.06. The maximum atomic E-state index is 10.6. The third-order valence-electron chi connectivity index (χ3n) is 3.00. The van der Waals surface area contributed by atoms with E-state index in [2.05, 4.69) is 5.32 Å². The summed E-state index contributed by atoms with van der Waals surface area (Å²) in [6, 6.07) is 14.7. The lowest BCUT2D eigenvalue weighted by atomic mass is 10.1. The Balaban J connectivity index is 2.01. The molecule has 4 N–H and O–H groups in total. The second-order valence-electron chi connectivity index (χ2n) is 4.38. The van der Waals surface area contributed by atoms with Gasteiger partial charge in [-0.05, 0) is 30.3 Å². The average molecular weight is 268 g/mol. The van der Waals surface area contributed by atoms with E-state index < -0.39 is 6.09 Å². The van der Waals surface area contributed by atoms with Crippen LogP contribution in [0.15, 0.2) is 52.9 Å². The van der Waals surface area contributed by atoms with Gasteiger partial charge in [0.1, 0.15) is 11.3 Å². The standard InChI is InChI=1S/C15H12N2O3/c16-11-7-10(5-6-12(11)17-15(18)19)14-8-9-3-1-2-4-13(9)20-14/h1-8,17H,16H2,(H,18,19). The van der Waals surface area contributed by atoms with Crippen molar-refractivity contribution in [3.63, 3.8) is 0 Å². The number of fused-ring (bicyclic) bond motifs is 1. The molecule has 1 amide bonds. The molecule has 0 aliphatic heterocycles. The zero-order chi connectivity index (χ0) is 14.1. The van der Waals surface area contributed by atoms with E-state index >= 15 is 0 Å². The number of benzene rings is 2. The van der Waals surface area contributed by atoms with E-state index in [0.29, 0.717) is 17.1 Å². The largest absolute Gasteiger partial charge is 0.465 e. The van der Waals surface area contributed by atoms with Crippen LogP contribution in [0.2, 0.25) is 0 Å². The molecule has 0 atom stereocenters. The van der Waals surface area contributed by atoms with Crippen LogP contribution in [-0.4, -0.2) is 11.2 Å². The van der Waals surface area contributed by atoms with Crippen LogP contribution < -0.4 is 11.1 Å². The second-order valence-corrected chi connectivity index (χ2v) is 4.38. The predicted octanol–water partition coefficient (Wildman–Crippen LogP) is 3.77. The molecule has 0 fully saturated rings.